The summed E-state index contributed by atoms with van der Waals surface area (Å²) < 4.78 is 0. The smallest absolute Gasteiger partial charge is 0.137 e. The number of aliphatic hydroxyl groups excluding tert-OH is 1. The number of hydrogen-bond donors (Lipinski definition) is 2. The van der Waals surface area contributed by atoms with Crippen LogP contribution in [0.2, 0.25) is 0 Å². The van der Waals surface area contributed by atoms with E-state index < -0.39 is 5.60 Å². The summed E-state index contributed by atoms with van der Waals surface area (Å²) in [6, 6.07) is 0. The normalized spacial score (nSPS) is 45.2. The Hall–Kier alpha value is -0.450. The second-order valence-electron chi connectivity index (χ2n) is 7.37. The summed E-state index contributed by atoms with van der Waals surface area (Å²) in [5.41, 5.74) is -0.903. The molecule has 0 spiro atoms. The van der Waals surface area contributed by atoms with Crippen LogP contribution in [-0.2, 0) is 4.79 Å². The second-order valence-corrected chi connectivity index (χ2v) is 7.37. The predicted octanol–water partition coefficient (Wildman–Crippen LogP) is 1.34. The molecule has 2 saturated carbocycles. The maximum atomic E-state index is 12.2. The number of carbonyl (C=O) groups is 1. The van der Waals surface area contributed by atoms with Gasteiger partial charge in [-0.05, 0) is 44.6 Å². The minimum absolute atomic E-state index is 0.130. The van der Waals surface area contributed by atoms with Gasteiger partial charge in [-0.1, -0.05) is 6.92 Å². The van der Waals surface area contributed by atoms with Gasteiger partial charge in [0, 0.05) is 37.5 Å². The summed E-state index contributed by atoms with van der Waals surface area (Å²) in [5, 5.41) is 20.2. The van der Waals surface area contributed by atoms with Crippen LogP contribution in [0, 0.1) is 11.8 Å². The molecule has 0 unspecified atom stereocenters. The van der Waals surface area contributed by atoms with Crippen LogP contribution in [0.3, 0.4) is 0 Å². The number of aliphatic hydroxyl groups is 2. The fourth-order valence-electron chi connectivity index (χ4n) is 5.50. The van der Waals surface area contributed by atoms with Crippen LogP contribution in [-0.4, -0.2) is 51.7 Å². The van der Waals surface area contributed by atoms with E-state index in [-0.39, 0.29) is 23.8 Å². The maximum absolute atomic E-state index is 12.2. The molecule has 2 bridgehead atoms. The van der Waals surface area contributed by atoms with Crippen molar-refractivity contribution in [2.75, 3.05) is 19.7 Å². The van der Waals surface area contributed by atoms with E-state index in [1.54, 1.807) is 0 Å². The molecule has 0 aromatic rings. The number of piperidine rings is 1. The molecule has 0 radical (unpaired) electrons. The van der Waals surface area contributed by atoms with Crippen LogP contribution in [0.1, 0.15) is 51.9 Å². The highest BCUT2D eigenvalue weighted by atomic mass is 16.3. The number of Topliss-reactive ketones (excluding diaryl/α,β-unsaturated/α-hetero) is 1. The summed E-state index contributed by atoms with van der Waals surface area (Å²) in [4.78, 5) is 14.6. The molecule has 2 N–H and O–H groups in total. The maximum Gasteiger partial charge on any atom is 0.137 e. The van der Waals surface area contributed by atoms with E-state index in [4.69, 9.17) is 5.11 Å². The van der Waals surface area contributed by atoms with Crippen molar-refractivity contribution in [3.63, 3.8) is 0 Å². The third-order valence-corrected chi connectivity index (χ3v) is 5.84. The first kappa shape index (κ1) is 14.5. The van der Waals surface area contributed by atoms with Crippen LogP contribution >= 0.6 is 0 Å². The highest BCUT2D eigenvalue weighted by Crippen LogP contribution is 2.56. The lowest BCUT2D eigenvalue weighted by atomic mass is 9.52. The Morgan fingerprint density at radius 2 is 2.15 bits per heavy atom. The van der Waals surface area contributed by atoms with E-state index in [9.17, 15) is 9.90 Å². The van der Waals surface area contributed by atoms with Gasteiger partial charge in [0.1, 0.15) is 5.78 Å². The summed E-state index contributed by atoms with van der Waals surface area (Å²) >= 11 is 0. The van der Waals surface area contributed by atoms with Gasteiger partial charge >= 0.3 is 0 Å². The van der Waals surface area contributed by atoms with E-state index in [0.717, 1.165) is 45.2 Å². The molecule has 0 aromatic carbocycles. The molecule has 0 aromatic heterocycles. The molecule has 1 heterocycles. The Bertz CT molecular complexity index is 399. The lowest BCUT2D eigenvalue weighted by Gasteiger charge is -2.63. The highest BCUT2D eigenvalue weighted by molar-refractivity contribution is 5.82. The van der Waals surface area contributed by atoms with Gasteiger partial charge < -0.3 is 10.2 Å². The number of ketones is 1. The molecular formula is C16H27NO3. The van der Waals surface area contributed by atoms with E-state index in [0.29, 0.717) is 18.8 Å². The van der Waals surface area contributed by atoms with Gasteiger partial charge in [-0.25, -0.2) is 0 Å². The molecule has 4 nitrogen and oxygen atoms in total. The third-order valence-electron chi connectivity index (χ3n) is 5.84. The first-order valence-corrected chi connectivity index (χ1v) is 8.10. The monoisotopic (exact) mass is 281 g/mol. The summed E-state index contributed by atoms with van der Waals surface area (Å²) in [6.07, 6.45) is 5.67. The lowest BCUT2D eigenvalue weighted by molar-refractivity contribution is -0.194. The Morgan fingerprint density at radius 3 is 2.90 bits per heavy atom. The van der Waals surface area contributed by atoms with Crippen LogP contribution in [0.5, 0.6) is 0 Å². The van der Waals surface area contributed by atoms with Crippen LogP contribution in [0.25, 0.3) is 0 Å². The molecule has 1 saturated heterocycles. The summed E-state index contributed by atoms with van der Waals surface area (Å²) in [7, 11) is 0. The standard InChI is InChI=1S/C16H27NO3/c1-12-8-15-10-13(19)11-16(20,9-12)14(15)4-2-5-17(15)6-3-7-18/h12,14,18,20H,2-11H2,1H3/t12-,14-,15-,16+/m0/s1. The van der Waals surface area contributed by atoms with Gasteiger partial charge in [0.05, 0.1) is 5.60 Å². The zero-order valence-corrected chi connectivity index (χ0v) is 12.5. The van der Waals surface area contributed by atoms with Crippen molar-refractivity contribution in [1.29, 1.82) is 0 Å². The number of carbonyl (C=O) groups excluding carboxylic acids is 1. The van der Waals surface area contributed by atoms with Gasteiger partial charge in [-0.3, -0.25) is 9.69 Å². The number of hydrogen-bond acceptors (Lipinski definition) is 4. The quantitative estimate of drug-likeness (QED) is 0.819. The first-order chi connectivity index (χ1) is 9.50. The number of likely N-dealkylation sites (tertiary alicyclic amines) is 1. The number of rotatable bonds is 3. The molecule has 3 fully saturated rings. The minimum Gasteiger partial charge on any atom is -0.396 e. The lowest BCUT2D eigenvalue weighted by Crippen LogP contribution is -2.70. The van der Waals surface area contributed by atoms with Gasteiger partial charge in [-0.2, -0.15) is 0 Å². The molecule has 3 rings (SSSR count). The zero-order chi connectivity index (χ0) is 14.4. The summed E-state index contributed by atoms with van der Waals surface area (Å²) in [6.45, 7) is 4.26. The molecule has 114 valence electrons. The van der Waals surface area contributed by atoms with Crippen LogP contribution in [0.4, 0.5) is 0 Å². The topological polar surface area (TPSA) is 60.8 Å². The van der Waals surface area contributed by atoms with Crippen molar-refractivity contribution in [2.45, 2.75) is 63.0 Å². The SMILES string of the molecule is C[C@@H]1C[C@@]2(O)CC(=O)C[C@@]3(C1)[C@@H]2CCCN3CCCO. The Labute approximate surface area is 121 Å². The fraction of sp³-hybridized carbons (Fsp3) is 0.938. The minimum atomic E-state index is -0.773. The van der Waals surface area contributed by atoms with E-state index in [1.165, 1.54) is 0 Å². The van der Waals surface area contributed by atoms with E-state index in [2.05, 4.69) is 11.8 Å². The van der Waals surface area contributed by atoms with Crippen molar-refractivity contribution >= 4 is 5.78 Å². The largest absolute Gasteiger partial charge is 0.396 e. The highest BCUT2D eigenvalue weighted by Gasteiger charge is 2.62. The zero-order valence-electron chi connectivity index (χ0n) is 12.5. The van der Waals surface area contributed by atoms with Crippen molar-refractivity contribution in [3.05, 3.63) is 0 Å². The Morgan fingerprint density at radius 1 is 1.35 bits per heavy atom. The molecule has 1 aliphatic heterocycles. The molecule has 20 heavy (non-hydrogen) atoms. The van der Waals surface area contributed by atoms with E-state index >= 15 is 0 Å². The molecular weight excluding hydrogens is 254 g/mol. The van der Waals surface area contributed by atoms with E-state index in [1.807, 2.05) is 0 Å². The van der Waals surface area contributed by atoms with Crippen molar-refractivity contribution in [2.24, 2.45) is 11.8 Å². The molecule has 0 amide bonds. The number of nitrogens with zero attached hydrogens (tertiary/aromatic N) is 1. The molecule has 4 atom stereocenters. The first-order valence-electron chi connectivity index (χ1n) is 8.10. The van der Waals surface area contributed by atoms with Gasteiger partial charge in [0.15, 0.2) is 0 Å². The third kappa shape index (κ3) is 2.13. The predicted molar refractivity (Wildman–Crippen MR) is 76.3 cm³/mol. The van der Waals surface area contributed by atoms with Gasteiger partial charge in [0.2, 0.25) is 0 Å². The average Bonchev–Trinajstić information content (AvgIpc) is 2.34. The molecule has 2 aliphatic carbocycles. The van der Waals surface area contributed by atoms with Gasteiger partial charge in [-0.15, -0.1) is 0 Å². The van der Waals surface area contributed by atoms with Crippen molar-refractivity contribution < 1.29 is 15.0 Å². The van der Waals surface area contributed by atoms with Crippen molar-refractivity contribution in [3.8, 4) is 0 Å². The molecule has 3 aliphatic rings. The van der Waals surface area contributed by atoms with Crippen LogP contribution in [0.15, 0.2) is 0 Å². The Balaban J connectivity index is 1.95. The van der Waals surface area contributed by atoms with Gasteiger partial charge in [0.25, 0.3) is 0 Å². The van der Waals surface area contributed by atoms with Crippen molar-refractivity contribution in [1.82, 2.24) is 4.90 Å². The summed E-state index contributed by atoms with van der Waals surface area (Å²) in [5.74, 6) is 0.946. The molecule has 4 heteroatoms. The second kappa shape index (κ2) is 5.08. The Kier molecular flexibility index (Phi) is 3.68. The van der Waals surface area contributed by atoms with Crippen LogP contribution < -0.4 is 0 Å². The fourth-order valence-corrected chi connectivity index (χ4v) is 5.50. The average molecular weight is 281 g/mol.